The first-order valence-corrected chi connectivity index (χ1v) is 8.29. The van der Waals surface area contributed by atoms with Crippen LogP contribution in [0.2, 0.25) is 0 Å². The third-order valence-electron chi connectivity index (χ3n) is 3.67. The van der Waals surface area contributed by atoms with Gasteiger partial charge in [0, 0.05) is 22.8 Å². The molecule has 2 rings (SSSR count). The summed E-state index contributed by atoms with van der Waals surface area (Å²) in [6.45, 7) is 6.33. The Bertz CT molecular complexity index is 452. The number of thiophene rings is 1. The van der Waals surface area contributed by atoms with Crippen molar-refractivity contribution >= 4 is 17.3 Å². The number of aliphatic imine (C=N–C) groups is 1. The summed E-state index contributed by atoms with van der Waals surface area (Å²) in [7, 11) is 0. The lowest BCUT2D eigenvalue weighted by Crippen LogP contribution is -2.50. The molecule has 1 saturated carbocycles. The zero-order valence-electron chi connectivity index (χ0n) is 12.4. The SMILES string of the molecule is CCNC(=NCc1ccc(CC)s1)NCC1(O)CCC1. The van der Waals surface area contributed by atoms with E-state index in [0.29, 0.717) is 13.1 Å². The van der Waals surface area contributed by atoms with Gasteiger partial charge in [0.05, 0.1) is 12.1 Å². The lowest BCUT2D eigenvalue weighted by Gasteiger charge is -2.36. The fraction of sp³-hybridized carbons (Fsp3) is 0.667. The fourth-order valence-electron chi connectivity index (χ4n) is 2.21. The van der Waals surface area contributed by atoms with Gasteiger partial charge < -0.3 is 15.7 Å². The van der Waals surface area contributed by atoms with Gasteiger partial charge in [0.25, 0.3) is 0 Å². The van der Waals surface area contributed by atoms with E-state index in [1.165, 1.54) is 9.75 Å². The molecule has 0 saturated heterocycles. The predicted octanol–water partition coefficient (Wildman–Crippen LogP) is 2.28. The van der Waals surface area contributed by atoms with E-state index < -0.39 is 5.60 Å². The third-order valence-corrected chi connectivity index (χ3v) is 4.89. The Morgan fingerprint density at radius 1 is 1.30 bits per heavy atom. The Balaban J connectivity index is 1.87. The molecule has 4 nitrogen and oxygen atoms in total. The van der Waals surface area contributed by atoms with Crippen LogP contribution in [-0.2, 0) is 13.0 Å². The number of hydrogen-bond donors (Lipinski definition) is 3. The van der Waals surface area contributed by atoms with Gasteiger partial charge in [-0.2, -0.15) is 0 Å². The molecule has 112 valence electrons. The summed E-state index contributed by atoms with van der Waals surface area (Å²) in [4.78, 5) is 7.27. The Morgan fingerprint density at radius 2 is 2.05 bits per heavy atom. The lowest BCUT2D eigenvalue weighted by molar-refractivity contribution is -0.0279. The molecule has 3 N–H and O–H groups in total. The van der Waals surface area contributed by atoms with E-state index in [1.54, 1.807) is 0 Å². The van der Waals surface area contributed by atoms with E-state index in [0.717, 1.165) is 38.2 Å². The van der Waals surface area contributed by atoms with Gasteiger partial charge in [-0.25, -0.2) is 4.99 Å². The number of guanidine groups is 1. The number of rotatable bonds is 6. The van der Waals surface area contributed by atoms with E-state index in [9.17, 15) is 5.11 Å². The number of aliphatic hydroxyl groups is 1. The van der Waals surface area contributed by atoms with Crippen LogP contribution in [0.3, 0.4) is 0 Å². The van der Waals surface area contributed by atoms with Gasteiger partial charge in [-0.1, -0.05) is 6.92 Å². The van der Waals surface area contributed by atoms with Crippen LogP contribution < -0.4 is 10.6 Å². The average molecular weight is 295 g/mol. The monoisotopic (exact) mass is 295 g/mol. The molecular formula is C15H25N3OS. The molecule has 1 heterocycles. The maximum Gasteiger partial charge on any atom is 0.191 e. The molecule has 1 fully saturated rings. The Hall–Kier alpha value is -1.07. The zero-order valence-corrected chi connectivity index (χ0v) is 13.2. The molecule has 0 unspecified atom stereocenters. The molecule has 0 radical (unpaired) electrons. The molecule has 0 aromatic carbocycles. The molecule has 1 aliphatic carbocycles. The van der Waals surface area contributed by atoms with Gasteiger partial charge in [-0.3, -0.25) is 0 Å². The van der Waals surface area contributed by atoms with Crippen LogP contribution >= 0.6 is 11.3 Å². The second-order valence-electron chi connectivity index (χ2n) is 5.35. The fourth-order valence-corrected chi connectivity index (χ4v) is 3.09. The van der Waals surface area contributed by atoms with Crippen molar-refractivity contribution in [3.8, 4) is 0 Å². The molecular weight excluding hydrogens is 270 g/mol. The minimum absolute atomic E-state index is 0.519. The van der Waals surface area contributed by atoms with Crippen LogP contribution in [0.4, 0.5) is 0 Å². The average Bonchev–Trinajstić information content (AvgIpc) is 2.88. The first-order valence-electron chi connectivity index (χ1n) is 7.47. The molecule has 0 bridgehead atoms. The molecule has 1 aromatic rings. The van der Waals surface area contributed by atoms with Gasteiger partial charge in [-0.15, -0.1) is 11.3 Å². The normalized spacial score (nSPS) is 17.6. The minimum Gasteiger partial charge on any atom is -0.388 e. The van der Waals surface area contributed by atoms with E-state index in [-0.39, 0.29) is 0 Å². The third kappa shape index (κ3) is 4.21. The highest BCUT2D eigenvalue weighted by molar-refractivity contribution is 7.11. The van der Waals surface area contributed by atoms with Crippen molar-refractivity contribution in [2.75, 3.05) is 13.1 Å². The smallest absolute Gasteiger partial charge is 0.191 e. The first-order chi connectivity index (χ1) is 9.65. The number of nitrogens with one attached hydrogen (secondary N) is 2. The highest BCUT2D eigenvalue weighted by Gasteiger charge is 2.34. The predicted molar refractivity (Wildman–Crippen MR) is 85.3 cm³/mol. The second-order valence-corrected chi connectivity index (χ2v) is 6.60. The highest BCUT2D eigenvalue weighted by Crippen LogP contribution is 2.30. The Morgan fingerprint density at radius 3 is 2.60 bits per heavy atom. The Labute approximate surface area is 125 Å². The van der Waals surface area contributed by atoms with Crippen molar-refractivity contribution in [1.82, 2.24) is 10.6 Å². The molecule has 1 aliphatic rings. The second kappa shape index (κ2) is 7.09. The van der Waals surface area contributed by atoms with Crippen LogP contribution in [0.15, 0.2) is 17.1 Å². The maximum atomic E-state index is 10.1. The molecule has 20 heavy (non-hydrogen) atoms. The quantitative estimate of drug-likeness (QED) is 0.557. The number of nitrogens with zero attached hydrogens (tertiary/aromatic N) is 1. The first kappa shape index (κ1) is 15.3. The van der Waals surface area contributed by atoms with Crippen molar-refractivity contribution < 1.29 is 5.11 Å². The van der Waals surface area contributed by atoms with Gasteiger partial charge >= 0.3 is 0 Å². The van der Waals surface area contributed by atoms with Crippen molar-refractivity contribution in [3.05, 3.63) is 21.9 Å². The van der Waals surface area contributed by atoms with Crippen molar-refractivity contribution in [2.45, 2.75) is 51.7 Å². The van der Waals surface area contributed by atoms with Gasteiger partial charge in [0.1, 0.15) is 0 Å². The standard InChI is InChI=1S/C15H25N3OS/c1-3-12-6-7-13(20-12)10-17-14(16-4-2)18-11-15(19)8-5-9-15/h6-7,19H,3-5,8-11H2,1-2H3,(H2,16,17,18). The van der Waals surface area contributed by atoms with E-state index in [1.807, 2.05) is 11.3 Å². The molecule has 0 spiro atoms. The van der Waals surface area contributed by atoms with Crippen LogP contribution in [0.25, 0.3) is 0 Å². The van der Waals surface area contributed by atoms with Crippen LogP contribution in [-0.4, -0.2) is 29.8 Å². The van der Waals surface area contributed by atoms with Crippen LogP contribution in [0.1, 0.15) is 42.9 Å². The molecule has 5 heteroatoms. The van der Waals surface area contributed by atoms with E-state index in [2.05, 4.69) is 41.6 Å². The van der Waals surface area contributed by atoms with Crippen LogP contribution in [0, 0.1) is 0 Å². The van der Waals surface area contributed by atoms with Crippen molar-refractivity contribution in [2.24, 2.45) is 4.99 Å². The summed E-state index contributed by atoms with van der Waals surface area (Å²) < 4.78 is 0. The highest BCUT2D eigenvalue weighted by atomic mass is 32.1. The van der Waals surface area contributed by atoms with Crippen LogP contribution in [0.5, 0.6) is 0 Å². The minimum atomic E-state index is -0.519. The largest absolute Gasteiger partial charge is 0.388 e. The maximum absolute atomic E-state index is 10.1. The summed E-state index contributed by atoms with van der Waals surface area (Å²) in [6.07, 6.45) is 4.00. The number of hydrogen-bond acceptors (Lipinski definition) is 3. The summed E-state index contributed by atoms with van der Waals surface area (Å²) in [5, 5.41) is 16.6. The zero-order chi connectivity index (χ0) is 14.4. The summed E-state index contributed by atoms with van der Waals surface area (Å²) in [5.74, 6) is 0.791. The van der Waals surface area contributed by atoms with Gasteiger partial charge in [0.15, 0.2) is 5.96 Å². The topological polar surface area (TPSA) is 56.7 Å². The molecule has 0 atom stereocenters. The summed E-state index contributed by atoms with van der Waals surface area (Å²) in [6, 6.07) is 4.32. The molecule has 0 aliphatic heterocycles. The Kier molecular flexibility index (Phi) is 5.43. The van der Waals surface area contributed by atoms with Gasteiger partial charge in [0.2, 0.25) is 0 Å². The van der Waals surface area contributed by atoms with Gasteiger partial charge in [-0.05, 0) is 44.7 Å². The molecule has 1 aromatic heterocycles. The van der Waals surface area contributed by atoms with Crippen molar-refractivity contribution in [1.29, 1.82) is 0 Å². The summed E-state index contributed by atoms with van der Waals surface area (Å²) in [5.41, 5.74) is -0.519. The van der Waals surface area contributed by atoms with E-state index >= 15 is 0 Å². The van der Waals surface area contributed by atoms with Crippen molar-refractivity contribution in [3.63, 3.8) is 0 Å². The lowest BCUT2D eigenvalue weighted by atomic mass is 9.80. The number of aryl methyl sites for hydroxylation is 1. The van der Waals surface area contributed by atoms with E-state index in [4.69, 9.17) is 0 Å². The molecule has 0 amide bonds. The summed E-state index contributed by atoms with van der Waals surface area (Å²) >= 11 is 1.82.